The van der Waals surface area contributed by atoms with Crippen LogP contribution in [-0.4, -0.2) is 151 Å². The highest BCUT2D eigenvalue weighted by Crippen LogP contribution is 2.35. The summed E-state index contributed by atoms with van der Waals surface area (Å²) in [5, 5.41) is 74.5. The van der Waals surface area contributed by atoms with E-state index in [2.05, 4.69) is 0 Å². The second-order valence-electron chi connectivity index (χ2n) is 12.2. The summed E-state index contributed by atoms with van der Waals surface area (Å²) in [6.07, 6.45) is -5.02. The number of ketones is 1. The average molecular weight is 743 g/mol. The van der Waals surface area contributed by atoms with Crippen molar-refractivity contribution in [3.05, 3.63) is 71.0 Å². The fourth-order valence-corrected chi connectivity index (χ4v) is 5.81. The molecule has 282 valence electrons. The molecule has 0 saturated carbocycles. The number of hydrogen-bond donors (Lipinski definition) is 8. The predicted octanol–water partition coefficient (Wildman–Crippen LogP) is -1.79. The van der Waals surface area contributed by atoms with E-state index in [1.54, 1.807) is 43.4 Å². The van der Waals surface area contributed by atoms with E-state index in [1.807, 2.05) is 0 Å². The maximum Gasteiger partial charge on any atom is 0.264 e. The Balaban J connectivity index is 1.52. The Hall–Kier alpha value is -3.30. The van der Waals surface area contributed by atoms with Crippen LogP contribution in [0.5, 0.6) is 0 Å². The van der Waals surface area contributed by atoms with Crippen molar-refractivity contribution in [1.82, 2.24) is 4.90 Å². The van der Waals surface area contributed by atoms with Gasteiger partial charge in [-0.15, -0.1) is 0 Å². The van der Waals surface area contributed by atoms with E-state index in [9.17, 15) is 50.1 Å². The van der Waals surface area contributed by atoms with Gasteiger partial charge in [0.1, 0.15) is 66.2 Å². The number of carbonyl (C=O) groups is 3. The van der Waals surface area contributed by atoms with Gasteiger partial charge in [-0.1, -0.05) is 54.1 Å². The molecule has 0 bridgehead atoms. The molecule has 0 aromatic heterocycles. The number of nitrogens with two attached hydrogens (primary N) is 1. The Bertz CT molecular complexity index is 1460. The van der Waals surface area contributed by atoms with E-state index >= 15 is 0 Å². The maximum absolute atomic E-state index is 13.7. The number of likely N-dealkylation sites (tertiary alicyclic amines) is 1. The summed E-state index contributed by atoms with van der Waals surface area (Å²) < 4.78 is 27.8. The predicted molar refractivity (Wildman–Crippen MR) is 175 cm³/mol. The molecule has 4 fully saturated rings. The molecule has 18 heteroatoms. The Morgan fingerprint density at radius 3 is 2.12 bits per heavy atom. The van der Waals surface area contributed by atoms with Crippen LogP contribution < -0.4 is 5.73 Å². The molecule has 0 aromatic rings. The van der Waals surface area contributed by atoms with Gasteiger partial charge >= 0.3 is 0 Å². The number of primary amides is 1. The number of halogens is 1. The molecule has 0 spiro atoms. The Labute approximate surface area is 297 Å². The average Bonchev–Trinajstić information content (AvgIpc) is 3.45. The first-order valence-corrected chi connectivity index (χ1v) is 16.4. The minimum atomic E-state index is -1.89. The van der Waals surface area contributed by atoms with Gasteiger partial charge in [0.2, 0.25) is 5.91 Å². The molecule has 0 aliphatic carbocycles. The van der Waals surface area contributed by atoms with Gasteiger partial charge in [-0.3, -0.25) is 19.3 Å². The molecule has 4 heterocycles. The number of allylic oxidation sites excluding steroid dienone is 10. The van der Waals surface area contributed by atoms with Gasteiger partial charge < -0.3 is 65.2 Å². The number of ether oxygens (including phenoxy) is 5. The van der Waals surface area contributed by atoms with Crippen LogP contribution in [0.4, 0.5) is 0 Å². The minimum absolute atomic E-state index is 0.457. The normalized spacial score (nSPS) is 39.4. The van der Waals surface area contributed by atoms with Crippen molar-refractivity contribution in [2.45, 2.75) is 100 Å². The van der Waals surface area contributed by atoms with Gasteiger partial charge in [-0.2, -0.15) is 0 Å². The quantitative estimate of drug-likeness (QED) is 0.0475. The lowest BCUT2D eigenvalue weighted by Gasteiger charge is -2.46. The highest BCUT2D eigenvalue weighted by atomic mass is 35.5. The molecule has 4 aliphatic heterocycles. The largest absolute Gasteiger partial charge is 0.507 e. The molecule has 4 rings (SSSR count). The lowest BCUT2D eigenvalue weighted by molar-refractivity contribution is -0.338. The van der Waals surface area contributed by atoms with E-state index in [0.717, 1.165) is 11.0 Å². The summed E-state index contributed by atoms with van der Waals surface area (Å²) in [7, 11) is 0. The summed E-state index contributed by atoms with van der Waals surface area (Å²) in [4.78, 5) is 40.0. The topological polar surface area (TPSA) is 268 Å². The minimum Gasteiger partial charge on any atom is -0.507 e. The lowest BCUT2D eigenvalue weighted by Crippen LogP contribution is -2.65. The molecule has 2 amide bonds. The van der Waals surface area contributed by atoms with E-state index in [-0.39, 0.29) is 0 Å². The van der Waals surface area contributed by atoms with Gasteiger partial charge in [-0.25, -0.2) is 0 Å². The third-order valence-corrected chi connectivity index (χ3v) is 8.57. The standard InChI is InChI=1S/C33H43ClN2O15/c1-15(34)10-8-6-4-3-5-7-9-11-18(37)22-24(41)17(12-21(35)39)36(30(22)46)31-29(25(42)19(38)13-47-31)51-32-28(45)26(43)20(14-48-32)50-33-27(44)23(40)16(2)49-33/h3-11,16-17,19-20,23,25-29,31-33,37-38,40,42-45H,12-14H2,1-2H3,(H2,35,39)/b4-3+,7-5+,8-6+,11-9+,15-10-,22-18-/t16-,17+,19-,20-,23+,25+,26-,27+,28+,29-,31-,32+,33-/m1/s1. The summed E-state index contributed by atoms with van der Waals surface area (Å²) in [6, 6.07) is -1.62. The van der Waals surface area contributed by atoms with Gasteiger partial charge in [0.25, 0.3) is 5.91 Å². The van der Waals surface area contributed by atoms with Crippen molar-refractivity contribution < 1.29 is 73.8 Å². The van der Waals surface area contributed by atoms with Crippen LogP contribution in [0.3, 0.4) is 0 Å². The van der Waals surface area contributed by atoms with Gasteiger partial charge in [0.05, 0.1) is 25.7 Å². The Kier molecular flexibility index (Phi) is 14.2. The fourth-order valence-electron chi connectivity index (χ4n) is 5.74. The number of rotatable bonds is 12. The summed E-state index contributed by atoms with van der Waals surface area (Å²) in [5.41, 5.74) is 4.67. The Morgan fingerprint density at radius 2 is 1.51 bits per heavy atom. The van der Waals surface area contributed by atoms with E-state index in [0.29, 0.717) is 5.03 Å². The van der Waals surface area contributed by atoms with Crippen LogP contribution in [0.1, 0.15) is 20.3 Å². The Morgan fingerprint density at radius 1 is 0.882 bits per heavy atom. The monoisotopic (exact) mass is 742 g/mol. The van der Waals surface area contributed by atoms with E-state index < -0.39 is 128 Å². The lowest BCUT2D eigenvalue weighted by atomic mass is 10.0. The van der Waals surface area contributed by atoms with E-state index in [1.165, 1.54) is 19.1 Å². The summed E-state index contributed by atoms with van der Waals surface area (Å²) >= 11 is 5.74. The van der Waals surface area contributed by atoms with Crippen LogP contribution in [0, 0.1) is 0 Å². The third-order valence-electron chi connectivity index (χ3n) is 8.45. The van der Waals surface area contributed by atoms with Crippen molar-refractivity contribution in [2.75, 3.05) is 13.2 Å². The number of nitrogens with zero attached hydrogens (tertiary/aromatic N) is 1. The van der Waals surface area contributed by atoms with Crippen LogP contribution >= 0.6 is 11.6 Å². The highest BCUT2D eigenvalue weighted by Gasteiger charge is 2.56. The van der Waals surface area contributed by atoms with Gasteiger partial charge in [0, 0.05) is 5.03 Å². The maximum atomic E-state index is 13.7. The summed E-state index contributed by atoms with van der Waals surface area (Å²) in [5.74, 6) is -3.83. The first-order chi connectivity index (χ1) is 24.1. The highest BCUT2D eigenvalue weighted by molar-refractivity contribution is 6.29. The number of hydrogen-bond acceptors (Lipinski definition) is 15. The third kappa shape index (κ3) is 9.58. The molecule has 0 aromatic carbocycles. The number of aliphatic hydroxyl groups is 7. The SMILES string of the molecule is C/C(Cl)=C/C=C/C=C/C=C/C=C/C(O)=C1\C(=O)[C@H](CC(N)=O)N([C@@H]2OC[C@@H](O)[C@H](O)[C@H]2O[C@@H]2OC[C@@H](O[C@H]3O[C@H](C)[C@H](O)[C@@H]3O)[C@@H](O)[C@@H]2O)C1=O. The fraction of sp³-hybridized carbons (Fsp3) is 0.545. The molecule has 4 aliphatic rings. The molecular formula is C33H43ClN2O15. The second-order valence-corrected chi connectivity index (χ2v) is 12.8. The van der Waals surface area contributed by atoms with Crippen LogP contribution in [-0.2, 0) is 38.1 Å². The second kappa shape index (κ2) is 18.0. The zero-order valence-corrected chi connectivity index (χ0v) is 28.4. The number of amides is 2. The van der Waals surface area contributed by atoms with Crippen molar-refractivity contribution >= 4 is 29.2 Å². The van der Waals surface area contributed by atoms with Crippen LogP contribution in [0.25, 0.3) is 0 Å². The van der Waals surface area contributed by atoms with Crippen molar-refractivity contribution in [3.63, 3.8) is 0 Å². The first-order valence-electron chi connectivity index (χ1n) is 16.0. The molecule has 0 unspecified atom stereocenters. The van der Waals surface area contributed by atoms with Gasteiger partial charge in [-0.05, 0) is 26.0 Å². The molecule has 0 radical (unpaired) electrons. The molecule has 9 N–H and O–H groups in total. The molecule has 51 heavy (non-hydrogen) atoms. The summed E-state index contributed by atoms with van der Waals surface area (Å²) in [6.45, 7) is 2.20. The zero-order valence-electron chi connectivity index (χ0n) is 27.6. The molecule has 13 atom stereocenters. The molecular weight excluding hydrogens is 700 g/mol. The van der Waals surface area contributed by atoms with Crippen molar-refractivity contribution in [2.24, 2.45) is 5.73 Å². The van der Waals surface area contributed by atoms with Crippen molar-refractivity contribution in [1.29, 1.82) is 0 Å². The first kappa shape index (κ1) is 40.5. The van der Waals surface area contributed by atoms with Gasteiger partial charge in [0.15, 0.2) is 24.6 Å². The zero-order chi connectivity index (χ0) is 37.6. The van der Waals surface area contributed by atoms with E-state index in [4.69, 9.17) is 41.0 Å². The van der Waals surface area contributed by atoms with Crippen molar-refractivity contribution in [3.8, 4) is 0 Å². The number of carbonyl (C=O) groups excluding carboxylic acids is 3. The molecule has 17 nitrogen and oxygen atoms in total. The smallest absolute Gasteiger partial charge is 0.264 e. The number of Topliss-reactive ketones (excluding diaryl/α,β-unsaturated/α-hetero) is 1. The number of aliphatic hydroxyl groups excluding tert-OH is 7. The van der Waals surface area contributed by atoms with Crippen LogP contribution in [0.2, 0.25) is 0 Å². The molecule has 4 saturated heterocycles. The van der Waals surface area contributed by atoms with Crippen LogP contribution in [0.15, 0.2) is 71.0 Å².